The number of aromatic nitrogens is 1. The van der Waals surface area contributed by atoms with Crippen molar-refractivity contribution in [1.82, 2.24) is 8.87 Å². The van der Waals surface area contributed by atoms with Gasteiger partial charge in [-0.15, -0.1) is 0 Å². The fourth-order valence-corrected chi connectivity index (χ4v) is 4.60. The highest BCUT2D eigenvalue weighted by atomic mass is 32.2. The molecule has 0 atom stereocenters. The van der Waals surface area contributed by atoms with Crippen LogP contribution in [-0.2, 0) is 10.0 Å². The van der Waals surface area contributed by atoms with E-state index in [2.05, 4.69) is 0 Å². The fraction of sp³-hybridized carbons (Fsp3) is 0.688. The molecule has 1 saturated carbocycles. The van der Waals surface area contributed by atoms with E-state index in [1.165, 1.54) is 10.4 Å². The van der Waals surface area contributed by atoms with Gasteiger partial charge >= 0.3 is 0 Å². The Balaban J connectivity index is 1.59. The molecule has 2 aliphatic rings. The van der Waals surface area contributed by atoms with Crippen molar-refractivity contribution < 1.29 is 13.2 Å². The van der Waals surface area contributed by atoms with Gasteiger partial charge in [-0.1, -0.05) is 13.3 Å². The van der Waals surface area contributed by atoms with Crippen molar-refractivity contribution in [2.45, 2.75) is 51.7 Å². The van der Waals surface area contributed by atoms with E-state index in [4.69, 9.17) is 4.74 Å². The van der Waals surface area contributed by atoms with Crippen LogP contribution in [0.1, 0.15) is 44.3 Å². The Bertz CT molecular complexity index is 731. The number of sulfonamides is 1. The predicted molar refractivity (Wildman–Crippen MR) is 88.4 cm³/mol. The first kappa shape index (κ1) is 16.5. The third-order valence-corrected chi connectivity index (χ3v) is 6.30. The molecule has 128 valence electrons. The van der Waals surface area contributed by atoms with Crippen LogP contribution in [0.15, 0.2) is 16.9 Å². The highest BCUT2D eigenvalue weighted by Gasteiger charge is 2.37. The Kier molecular flexibility index (Phi) is 4.51. The summed E-state index contributed by atoms with van der Waals surface area (Å²) in [6.45, 7) is 4.63. The first-order valence-corrected chi connectivity index (χ1v) is 9.89. The van der Waals surface area contributed by atoms with Gasteiger partial charge in [0.15, 0.2) is 0 Å². The number of nitrogens with zero attached hydrogens (tertiary/aromatic N) is 2. The summed E-state index contributed by atoms with van der Waals surface area (Å²) < 4.78 is 33.1. The first-order chi connectivity index (χ1) is 10.9. The van der Waals surface area contributed by atoms with Crippen molar-refractivity contribution in [1.29, 1.82) is 0 Å². The lowest BCUT2D eigenvalue weighted by molar-refractivity contribution is 0.0758. The third kappa shape index (κ3) is 3.61. The molecule has 23 heavy (non-hydrogen) atoms. The summed E-state index contributed by atoms with van der Waals surface area (Å²) in [4.78, 5) is 12.1. The van der Waals surface area contributed by atoms with E-state index in [1.54, 1.807) is 0 Å². The van der Waals surface area contributed by atoms with E-state index < -0.39 is 10.0 Å². The van der Waals surface area contributed by atoms with Crippen molar-refractivity contribution in [3.05, 3.63) is 28.2 Å². The summed E-state index contributed by atoms with van der Waals surface area (Å²) >= 11 is 0. The lowest BCUT2D eigenvalue weighted by Gasteiger charge is -2.37. The molecule has 1 aliphatic carbocycles. The van der Waals surface area contributed by atoms with Gasteiger partial charge in [0, 0.05) is 17.8 Å². The van der Waals surface area contributed by atoms with Gasteiger partial charge in [0.1, 0.15) is 11.9 Å². The Hall–Kier alpha value is -1.34. The number of aryl methyl sites for hydroxylation is 1. The van der Waals surface area contributed by atoms with Gasteiger partial charge in [-0.2, -0.15) is 4.31 Å². The summed E-state index contributed by atoms with van der Waals surface area (Å²) in [7, 11) is -3.15. The maximum Gasteiger partial charge on any atom is 0.254 e. The Morgan fingerprint density at radius 1 is 1.26 bits per heavy atom. The SMILES string of the molecule is CCCCS(=O)(=O)N1CC(Oc2cc(C)n(C3CC3)c(=O)c2)C1. The number of unbranched alkanes of at least 4 members (excludes halogenated alkanes) is 1. The Morgan fingerprint density at radius 2 is 1.96 bits per heavy atom. The van der Waals surface area contributed by atoms with Crippen LogP contribution < -0.4 is 10.3 Å². The molecule has 1 aromatic rings. The second-order valence-electron chi connectivity index (χ2n) is 6.50. The van der Waals surface area contributed by atoms with Crippen LogP contribution in [0.3, 0.4) is 0 Å². The minimum absolute atomic E-state index is 0.0331. The van der Waals surface area contributed by atoms with Crippen molar-refractivity contribution >= 4 is 10.0 Å². The van der Waals surface area contributed by atoms with Crippen molar-refractivity contribution in [3.8, 4) is 5.75 Å². The van der Waals surface area contributed by atoms with Crippen LogP contribution >= 0.6 is 0 Å². The average Bonchev–Trinajstić information content (AvgIpc) is 3.24. The molecular weight excluding hydrogens is 316 g/mol. The third-order valence-electron chi connectivity index (χ3n) is 4.41. The molecule has 2 heterocycles. The highest BCUT2D eigenvalue weighted by molar-refractivity contribution is 7.89. The van der Waals surface area contributed by atoms with Gasteiger partial charge in [-0.3, -0.25) is 4.79 Å². The van der Waals surface area contributed by atoms with Gasteiger partial charge in [0.05, 0.1) is 18.8 Å². The Labute approximate surface area is 137 Å². The first-order valence-electron chi connectivity index (χ1n) is 8.28. The summed E-state index contributed by atoms with van der Waals surface area (Å²) in [5.41, 5.74) is 0.871. The molecule has 0 spiro atoms. The maximum atomic E-state index is 12.1. The van der Waals surface area contributed by atoms with E-state index in [0.29, 0.717) is 31.3 Å². The summed E-state index contributed by atoms with van der Waals surface area (Å²) in [5.74, 6) is 0.743. The molecule has 3 rings (SSSR count). The Morgan fingerprint density at radius 3 is 2.52 bits per heavy atom. The van der Waals surface area contributed by atoms with Crippen LogP contribution in [0.25, 0.3) is 0 Å². The number of rotatable bonds is 7. The second kappa shape index (κ2) is 6.28. The number of ether oxygens (including phenoxy) is 1. The molecule has 0 radical (unpaired) electrons. The quantitative estimate of drug-likeness (QED) is 0.757. The van der Waals surface area contributed by atoms with E-state index in [1.807, 2.05) is 24.5 Å². The molecule has 1 aliphatic heterocycles. The minimum atomic E-state index is -3.15. The van der Waals surface area contributed by atoms with Crippen molar-refractivity contribution in [2.24, 2.45) is 0 Å². The minimum Gasteiger partial charge on any atom is -0.487 e. The number of hydrogen-bond acceptors (Lipinski definition) is 4. The van der Waals surface area contributed by atoms with Crippen LogP contribution in [0.4, 0.5) is 0 Å². The monoisotopic (exact) mass is 340 g/mol. The molecule has 7 heteroatoms. The van der Waals surface area contributed by atoms with E-state index >= 15 is 0 Å². The zero-order chi connectivity index (χ0) is 16.6. The number of hydrogen-bond donors (Lipinski definition) is 0. The molecule has 6 nitrogen and oxygen atoms in total. The zero-order valence-electron chi connectivity index (χ0n) is 13.7. The van der Waals surface area contributed by atoms with Gasteiger partial charge in [-0.25, -0.2) is 8.42 Å². The molecule has 1 saturated heterocycles. The van der Waals surface area contributed by atoms with Gasteiger partial charge in [-0.05, 0) is 32.3 Å². The van der Waals surface area contributed by atoms with Crippen LogP contribution in [-0.4, -0.2) is 42.2 Å². The largest absolute Gasteiger partial charge is 0.487 e. The fourth-order valence-electron chi connectivity index (χ4n) is 2.90. The van der Waals surface area contributed by atoms with Crippen LogP contribution in [0, 0.1) is 6.92 Å². The average molecular weight is 340 g/mol. The van der Waals surface area contributed by atoms with Gasteiger partial charge < -0.3 is 9.30 Å². The molecular formula is C16H24N2O4S. The lowest BCUT2D eigenvalue weighted by Crippen LogP contribution is -2.56. The lowest BCUT2D eigenvalue weighted by atomic mass is 10.2. The zero-order valence-corrected chi connectivity index (χ0v) is 14.5. The van der Waals surface area contributed by atoms with Crippen molar-refractivity contribution in [3.63, 3.8) is 0 Å². The molecule has 0 unspecified atom stereocenters. The molecule has 1 aromatic heterocycles. The molecule has 0 aromatic carbocycles. The van der Waals surface area contributed by atoms with Gasteiger partial charge in [0.25, 0.3) is 5.56 Å². The summed E-state index contributed by atoms with van der Waals surface area (Å²) in [6.07, 6.45) is 3.51. The molecule has 2 fully saturated rings. The second-order valence-corrected chi connectivity index (χ2v) is 8.59. The standard InChI is InChI=1S/C16H24N2O4S/c1-3-4-7-23(20,21)17-10-15(11-17)22-14-8-12(2)18(13-5-6-13)16(19)9-14/h8-9,13,15H,3-7,10-11H2,1-2H3. The highest BCUT2D eigenvalue weighted by Crippen LogP contribution is 2.35. The maximum absolute atomic E-state index is 12.1. The summed E-state index contributed by atoms with van der Waals surface area (Å²) in [5, 5.41) is 0. The molecule has 0 N–H and O–H groups in total. The topological polar surface area (TPSA) is 68.6 Å². The number of pyridine rings is 1. The van der Waals surface area contributed by atoms with E-state index in [-0.39, 0.29) is 17.4 Å². The van der Waals surface area contributed by atoms with Gasteiger partial charge in [0.2, 0.25) is 10.0 Å². The normalized spacial score (nSPS) is 19.6. The smallest absolute Gasteiger partial charge is 0.254 e. The molecule has 0 amide bonds. The summed E-state index contributed by atoms with van der Waals surface area (Å²) in [6, 6.07) is 3.73. The van der Waals surface area contributed by atoms with E-state index in [0.717, 1.165) is 25.0 Å². The van der Waals surface area contributed by atoms with Crippen LogP contribution in [0.5, 0.6) is 5.75 Å². The van der Waals surface area contributed by atoms with E-state index in [9.17, 15) is 13.2 Å². The molecule has 0 bridgehead atoms. The van der Waals surface area contributed by atoms with Crippen LogP contribution in [0.2, 0.25) is 0 Å². The van der Waals surface area contributed by atoms with Crippen molar-refractivity contribution in [2.75, 3.05) is 18.8 Å². The predicted octanol–water partition coefficient (Wildman–Crippen LogP) is 1.68.